The zero-order valence-corrected chi connectivity index (χ0v) is 14.0. The van der Waals surface area contributed by atoms with E-state index in [0.29, 0.717) is 18.0 Å². The van der Waals surface area contributed by atoms with E-state index < -0.39 is 0 Å². The number of nitrogens with one attached hydrogen (secondary N) is 1. The third-order valence-corrected chi connectivity index (χ3v) is 5.01. The molecule has 1 aliphatic heterocycles. The highest BCUT2D eigenvalue weighted by Crippen LogP contribution is 2.21. The standard InChI is InChI=1S/C17H26ClFN2/c1-4-12(2)17-11-21(13(3)7-8-20-17)10-14-5-6-16(19)15(18)9-14/h5-6,9,12-13,17,20H,4,7-8,10-11H2,1-3H3. The summed E-state index contributed by atoms with van der Waals surface area (Å²) >= 11 is 5.90. The third kappa shape index (κ3) is 4.41. The Morgan fingerprint density at radius 3 is 2.90 bits per heavy atom. The van der Waals surface area contributed by atoms with Crippen molar-refractivity contribution in [3.05, 3.63) is 34.6 Å². The monoisotopic (exact) mass is 312 g/mol. The minimum absolute atomic E-state index is 0.214. The molecule has 1 N–H and O–H groups in total. The van der Waals surface area contributed by atoms with Crippen LogP contribution >= 0.6 is 11.6 Å². The summed E-state index contributed by atoms with van der Waals surface area (Å²) in [5.74, 6) is 0.318. The molecule has 0 spiro atoms. The van der Waals surface area contributed by atoms with E-state index in [1.165, 1.54) is 12.5 Å². The molecule has 3 unspecified atom stereocenters. The second-order valence-corrected chi connectivity index (χ2v) is 6.67. The van der Waals surface area contributed by atoms with Gasteiger partial charge in [-0.3, -0.25) is 4.90 Å². The van der Waals surface area contributed by atoms with E-state index in [4.69, 9.17) is 11.6 Å². The number of hydrogen-bond donors (Lipinski definition) is 1. The van der Waals surface area contributed by atoms with Gasteiger partial charge in [-0.05, 0) is 43.5 Å². The maximum absolute atomic E-state index is 13.3. The molecule has 0 radical (unpaired) electrons. The van der Waals surface area contributed by atoms with Crippen LogP contribution in [0.4, 0.5) is 4.39 Å². The van der Waals surface area contributed by atoms with Gasteiger partial charge in [0, 0.05) is 25.2 Å². The summed E-state index contributed by atoms with van der Waals surface area (Å²) in [6, 6.07) is 6.10. The Hall–Kier alpha value is -0.640. The number of rotatable bonds is 4. The van der Waals surface area contributed by atoms with Crippen molar-refractivity contribution < 1.29 is 4.39 Å². The Balaban J connectivity index is 2.09. The first kappa shape index (κ1) is 16.7. The summed E-state index contributed by atoms with van der Waals surface area (Å²) in [6.07, 6.45) is 2.32. The first-order valence-corrected chi connectivity index (χ1v) is 8.30. The molecule has 1 saturated heterocycles. The highest BCUT2D eigenvalue weighted by atomic mass is 35.5. The molecule has 0 aromatic heterocycles. The van der Waals surface area contributed by atoms with Crippen LogP contribution in [0.3, 0.4) is 0 Å². The van der Waals surface area contributed by atoms with Gasteiger partial charge in [0.25, 0.3) is 0 Å². The van der Waals surface area contributed by atoms with E-state index in [9.17, 15) is 4.39 Å². The van der Waals surface area contributed by atoms with Crippen LogP contribution in [0.15, 0.2) is 18.2 Å². The first-order valence-electron chi connectivity index (χ1n) is 7.92. The quantitative estimate of drug-likeness (QED) is 0.901. The zero-order chi connectivity index (χ0) is 15.4. The van der Waals surface area contributed by atoms with Crippen LogP contribution in [0.1, 0.15) is 39.2 Å². The molecule has 1 fully saturated rings. The highest BCUT2D eigenvalue weighted by molar-refractivity contribution is 6.30. The molecule has 0 aliphatic carbocycles. The Morgan fingerprint density at radius 1 is 1.48 bits per heavy atom. The molecular weight excluding hydrogens is 287 g/mol. The van der Waals surface area contributed by atoms with Crippen LogP contribution in [-0.4, -0.2) is 30.1 Å². The van der Waals surface area contributed by atoms with Gasteiger partial charge in [-0.1, -0.05) is 37.9 Å². The Bertz CT molecular complexity index is 466. The van der Waals surface area contributed by atoms with Crippen LogP contribution in [0.5, 0.6) is 0 Å². The summed E-state index contributed by atoms with van der Waals surface area (Å²) in [5.41, 5.74) is 1.08. The molecule has 2 rings (SSSR count). The van der Waals surface area contributed by atoms with Gasteiger partial charge in [0.2, 0.25) is 0 Å². The third-order valence-electron chi connectivity index (χ3n) is 4.72. The van der Waals surface area contributed by atoms with E-state index in [-0.39, 0.29) is 10.8 Å². The minimum atomic E-state index is -0.344. The van der Waals surface area contributed by atoms with Crippen molar-refractivity contribution in [2.75, 3.05) is 13.1 Å². The number of benzene rings is 1. The van der Waals surface area contributed by atoms with Crippen LogP contribution in [0, 0.1) is 11.7 Å². The van der Waals surface area contributed by atoms with Gasteiger partial charge in [0.15, 0.2) is 0 Å². The zero-order valence-electron chi connectivity index (χ0n) is 13.2. The van der Waals surface area contributed by atoms with Crippen LogP contribution in [0.25, 0.3) is 0 Å². The lowest BCUT2D eigenvalue weighted by Gasteiger charge is -2.31. The van der Waals surface area contributed by atoms with Crippen LogP contribution in [-0.2, 0) is 6.54 Å². The SMILES string of the molecule is CCC(C)C1CN(Cc2ccc(F)c(Cl)c2)C(C)CCN1. The van der Waals surface area contributed by atoms with Gasteiger partial charge in [0.05, 0.1) is 5.02 Å². The van der Waals surface area contributed by atoms with Gasteiger partial charge < -0.3 is 5.32 Å². The van der Waals surface area contributed by atoms with Crippen molar-refractivity contribution >= 4 is 11.6 Å². The fraction of sp³-hybridized carbons (Fsp3) is 0.647. The molecule has 2 nitrogen and oxygen atoms in total. The maximum Gasteiger partial charge on any atom is 0.141 e. The summed E-state index contributed by atoms with van der Waals surface area (Å²) in [5, 5.41) is 3.89. The molecular formula is C17H26ClFN2. The first-order chi connectivity index (χ1) is 10.0. The summed E-state index contributed by atoms with van der Waals surface area (Å²) in [6.45, 7) is 9.74. The average Bonchev–Trinajstić information content (AvgIpc) is 2.65. The Labute approximate surface area is 132 Å². The van der Waals surface area contributed by atoms with Crippen molar-refractivity contribution in [2.24, 2.45) is 5.92 Å². The molecule has 4 heteroatoms. The van der Waals surface area contributed by atoms with Crippen LogP contribution in [0.2, 0.25) is 5.02 Å². The van der Waals surface area contributed by atoms with E-state index in [0.717, 1.165) is 31.6 Å². The molecule has 21 heavy (non-hydrogen) atoms. The second kappa shape index (κ2) is 7.57. The topological polar surface area (TPSA) is 15.3 Å². The lowest BCUT2D eigenvalue weighted by molar-refractivity contribution is 0.180. The van der Waals surface area contributed by atoms with Crippen molar-refractivity contribution in [1.82, 2.24) is 10.2 Å². The summed E-state index contributed by atoms with van der Waals surface area (Å²) < 4.78 is 13.3. The molecule has 0 amide bonds. The number of halogens is 2. The molecule has 1 aromatic rings. The molecule has 1 aromatic carbocycles. The fourth-order valence-corrected chi connectivity index (χ4v) is 3.12. The predicted octanol–water partition coefficient (Wildman–Crippen LogP) is 4.08. The van der Waals surface area contributed by atoms with E-state index in [1.807, 2.05) is 6.07 Å². The smallest absolute Gasteiger partial charge is 0.141 e. The van der Waals surface area contributed by atoms with Crippen LogP contribution < -0.4 is 5.32 Å². The van der Waals surface area contributed by atoms with E-state index in [1.54, 1.807) is 6.07 Å². The van der Waals surface area contributed by atoms with E-state index >= 15 is 0 Å². The van der Waals surface area contributed by atoms with Gasteiger partial charge in [-0.15, -0.1) is 0 Å². The molecule has 1 heterocycles. The summed E-state index contributed by atoms with van der Waals surface area (Å²) in [7, 11) is 0. The molecule has 3 atom stereocenters. The maximum atomic E-state index is 13.3. The fourth-order valence-electron chi connectivity index (χ4n) is 2.92. The average molecular weight is 313 g/mol. The van der Waals surface area contributed by atoms with E-state index in [2.05, 4.69) is 31.0 Å². The number of nitrogens with zero attached hydrogens (tertiary/aromatic N) is 1. The molecule has 0 saturated carbocycles. The van der Waals surface area contributed by atoms with Crippen molar-refractivity contribution in [2.45, 2.75) is 52.2 Å². The van der Waals surface area contributed by atoms with Crippen molar-refractivity contribution in [3.63, 3.8) is 0 Å². The van der Waals surface area contributed by atoms with Crippen molar-refractivity contribution in [1.29, 1.82) is 0 Å². The number of hydrogen-bond acceptors (Lipinski definition) is 2. The van der Waals surface area contributed by atoms with Crippen molar-refractivity contribution in [3.8, 4) is 0 Å². The highest BCUT2D eigenvalue weighted by Gasteiger charge is 2.25. The summed E-state index contributed by atoms with van der Waals surface area (Å²) in [4.78, 5) is 2.49. The lowest BCUT2D eigenvalue weighted by atomic mass is 9.98. The second-order valence-electron chi connectivity index (χ2n) is 6.26. The largest absolute Gasteiger partial charge is 0.312 e. The lowest BCUT2D eigenvalue weighted by Crippen LogP contribution is -2.43. The Morgan fingerprint density at radius 2 is 2.24 bits per heavy atom. The van der Waals surface area contributed by atoms with Gasteiger partial charge in [-0.2, -0.15) is 0 Å². The predicted molar refractivity (Wildman–Crippen MR) is 87.1 cm³/mol. The Kier molecular flexibility index (Phi) is 6.03. The van der Waals surface area contributed by atoms with Gasteiger partial charge >= 0.3 is 0 Å². The minimum Gasteiger partial charge on any atom is -0.312 e. The molecule has 118 valence electrons. The normalized spacial score (nSPS) is 25.6. The van der Waals surface area contributed by atoms with Gasteiger partial charge in [-0.25, -0.2) is 4.39 Å². The molecule has 0 bridgehead atoms. The molecule has 1 aliphatic rings. The van der Waals surface area contributed by atoms with Gasteiger partial charge in [0.1, 0.15) is 5.82 Å².